The number of aryl methyl sites for hydroxylation is 1. The molecule has 0 aliphatic carbocycles. The molecule has 1 heterocycles. The van der Waals surface area contributed by atoms with Gasteiger partial charge in [0.05, 0.1) is 0 Å². The molecule has 13 heavy (non-hydrogen) atoms. The van der Waals surface area contributed by atoms with Crippen LogP contribution >= 0.6 is 11.8 Å². The molecule has 0 spiro atoms. The van der Waals surface area contributed by atoms with Gasteiger partial charge in [-0.25, -0.2) is 4.98 Å². The molecule has 0 unspecified atom stereocenters. The van der Waals surface area contributed by atoms with E-state index in [1.54, 1.807) is 6.92 Å². The lowest BCUT2D eigenvalue weighted by molar-refractivity contribution is -0.114. The molecule has 1 aromatic rings. The average molecular weight is 198 g/mol. The molecule has 0 aliphatic heterocycles. The molecule has 0 atom stereocenters. The van der Waals surface area contributed by atoms with Gasteiger partial charge in [-0.2, -0.15) is 0 Å². The van der Waals surface area contributed by atoms with Gasteiger partial charge in [0.2, 0.25) is 5.91 Å². The normalized spacial score (nSPS) is 9.77. The number of carbonyl (C=O) groups excluding carboxylic acids is 1. The van der Waals surface area contributed by atoms with Gasteiger partial charge in [-0.15, -0.1) is 22.0 Å². The third-order valence-electron chi connectivity index (χ3n) is 1.25. The quantitative estimate of drug-likeness (QED) is 0.714. The van der Waals surface area contributed by atoms with Crippen LogP contribution in [0.25, 0.3) is 0 Å². The molecule has 1 aromatic heterocycles. The van der Waals surface area contributed by atoms with Crippen molar-refractivity contribution >= 4 is 23.5 Å². The van der Waals surface area contributed by atoms with Crippen LogP contribution in [0, 0.1) is 6.92 Å². The topological polar surface area (TPSA) is 67.8 Å². The molecule has 0 saturated carbocycles. The van der Waals surface area contributed by atoms with Crippen LogP contribution in [0.3, 0.4) is 0 Å². The fourth-order valence-electron chi connectivity index (χ4n) is 0.775. The summed E-state index contributed by atoms with van der Waals surface area (Å²) < 4.78 is 0. The summed E-state index contributed by atoms with van der Waals surface area (Å²) in [5.41, 5.74) is 0. The SMILES string of the molecule is CSc1nc(C)nnc1NC(C)=O. The van der Waals surface area contributed by atoms with Crippen LogP contribution in [0.2, 0.25) is 0 Å². The van der Waals surface area contributed by atoms with Crippen molar-refractivity contribution in [3.8, 4) is 0 Å². The summed E-state index contributed by atoms with van der Waals surface area (Å²) in [6, 6.07) is 0. The molecule has 6 heteroatoms. The number of nitrogens with one attached hydrogen (secondary N) is 1. The van der Waals surface area contributed by atoms with Gasteiger partial charge in [-0.3, -0.25) is 4.79 Å². The molecule has 0 saturated heterocycles. The van der Waals surface area contributed by atoms with Crippen molar-refractivity contribution in [2.75, 3.05) is 11.6 Å². The van der Waals surface area contributed by atoms with Crippen LogP contribution in [0.4, 0.5) is 5.82 Å². The van der Waals surface area contributed by atoms with Crippen LogP contribution in [0.5, 0.6) is 0 Å². The second-order valence-corrected chi connectivity index (χ2v) is 3.19. The van der Waals surface area contributed by atoms with Crippen molar-refractivity contribution in [3.05, 3.63) is 5.82 Å². The van der Waals surface area contributed by atoms with Crippen molar-refractivity contribution < 1.29 is 4.79 Å². The predicted octanol–water partition coefficient (Wildman–Crippen LogP) is 0.860. The summed E-state index contributed by atoms with van der Waals surface area (Å²) in [5.74, 6) is 0.847. The minimum atomic E-state index is -0.171. The second kappa shape index (κ2) is 4.18. The summed E-state index contributed by atoms with van der Waals surface area (Å²) in [4.78, 5) is 14.9. The Labute approximate surface area is 80.4 Å². The van der Waals surface area contributed by atoms with E-state index in [1.165, 1.54) is 18.7 Å². The number of amides is 1. The van der Waals surface area contributed by atoms with Gasteiger partial charge in [0.1, 0.15) is 10.9 Å². The summed E-state index contributed by atoms with van der Waals surface area (Å²) in [6.07, 6.45) is 1.87. The molecule has 0 fully saturated rings. The van der Waals surface area contributed by atoms with Crippen molar-refractivity contribution in [1.29, 1.82) is 0 Å². The van der Waals surface area contributed by atoms with Gasteiger partial charge >= 0.3 is 0 Å². The molecule has 1 rings (SSSR count). The maximum atomic E-state index is 10.8. The Kier molecular flexibility index (Phi) is 3.18. The number of carbonyl (C=O) groups is 1. The molecule has 0 aromatic carbocycles. The summed E-state index contributed by atoms with van der Waals surface area (Å²) in [5, 5.41) is 10.8. The third kappa shape index (κ3) is 2.66. The Balaban J connectivity index is 2.99. The van der Waals surface area contributed by atoms with Gasteiger partial charge in [0.25, 0.3) is 0 Å². The first kappa shape index (κ1) is 9.91. The van der Waals surface area contributed by atoms with Crippen LogP contribution in [0.1, 0.15) is 12.7 Å². The van der Waals surface area contributed by atoms with E-state index in [9.17, 15) is 4.79 Å². The predicted molar refractivity (Wildman–Crippen MR) is 50.6 cm³/mol. The Morgan fingerprint density at radius 1 is 1.46 bits per heavy atom. The molecule has 0 aliphatic rings. The van der Waals surface area contributed by atoms with Crippen molar-refractivity contribution in [3.63, 3.8) is 0 Å². The number of anilines is 1. The Hall–Kier alpha value is -1.17. The first-order chi connectivity index (χ1) is 6.13. The second-order valence-electron chi connectivity index (χ2n) is 2.40. The fourth-order valence-corrected chi connectivity index (χ4v) is 1.28. The van der Waals surface area contributed by atoms with Gasteiger partial charge in [-0.1, -0.05) is 0 Å². The fraction of sp³-hybridized carbons (Fsp3) is 0.429. The summed E-state index contributed by atoms with van der Waals surface area (Å²) >= 11 is 1.42. The van der Waals surface area contributed by atoms with Gasteiger partial charge in [0, 0.05) is 6.92 Å². The lowest BCUT2D eigenvalue weighted by atomic mass is 10.6. The van der Waals surface area contributed by atoms with Crippen LogP contribution in [0.15, 0.2) is 5.03 Å². The number of hydrogen-bond donors (Lipinski definition) is 1. The van der Waals surface area contributed by atoms with Crippen molar-refractivity contribution in [2.24, 2.45) is 0 Å². The van der Waals surface area contributed by atoms with E-state index >= 15 is 0 Å². The molecule has 0 bridgehead atoms. The number of rotatable bonds is 2. The monoisotopic (exact) mass is 198 g/mol. The Morgan fingerprint density at radius 3 is 2.69 bits per heavy atom. The minimum absolute atomic E-state index is 0.171. The minimum Gasteiger partial charge on any atom is -0.307 e. The van der Waals surface area contributed by atoms with Crippen LogP contribution in [-0.4, -0.2) is 27.3 Å². The van der Waals surface area contributed by atoms with Crippen LogP contribution < -0.4 is 5.32 Å². The zero-order chi connectivity index (χ0) is 9.84. The van der Waals surface area contributed by atoms with E-state index in [0.29, 0.717) is 16.7 Å². The molecule has 1 N–H and O–H groups in total. The number of aromatic nitrogens is 3. The van der Waals surface area contributed by atoms with Gasteiger partial charge in [0.15, 0.2) is 5.82 Å². The highest BCUT2D eigenvalue weighted by molar-refractivity contribution is 7.98. The zero-order valence-electron chi connectivity index (χ0n) is 7.66. The van der Waals surface area contributed by atoms with Crippen molar-refractivity contribution in [1.82, 2.24) is 15.2 Å². The Morgan fingerprint density at radius 2 is 2.15 bits per heavy atom. The van der Waals surface area contributed by atoms with Crippen LogP contribution in [-0.2, 0) is 4.79 Å². The maximum absolute atomic E-state index is 10.8. The first-order valence-electron chi connectivity index (χ1n) is 3.66. The molecule has 0 radical (unpaired) electrons. The highest BCUT2D eigenvalue weighted by Crippen LogP contribution is 2.19. The maximum Gasteiger partial charge on any atom is 0.222 e. The van der Waals surface area contributed by atoms with Gasteiger partial charge in [-0.05, 0) is 13.2 Å². The number of hydrogen-bond acceptors (Lipinski definition) is 5. The molecular formula is C7H10N4OS. The number of nitrogens with zero attached hydrogens (tertiary/aromatic N) is 3. The van der Waals surface area contributed by atoms with E-state index in [2.05, 4.69) is 20.5 Å². The zero-order valence-corrected chi connectivity index (χ0v) is 8.47. The van der Waals surface area contributed by atoms with E-state index in [4.69, 9.17) is 0 Å². The van der Waals surface area contributed by atoms with Gasteiger partial charge < -0.3 is 5.32 Å². The molecule has 5 nitrogen and oxygen atoms in total. The highest BCUT2D eigenvalue weighted by Gasteiger charge is 2.07. The lowest BCUT2D eigenvalue weighted by Gasteiger charge is -2.04. The average Bonchev–Trinajstić information content (AvgIpc) is 2.07. The van der Waals surface area contributed by atoms with E-state index < -0.39 is 0 Å². The molecular weight excluding hydrogens is 188 g/mol. The van der Waals surface area contributed by atoms with E-state index in [0.717, 1.165) is 0 Å². The van der Waals surface area contributed by atoms with E-state index in [1.807, 2.05) is 6.26 Å². The smallest absolute Gasteiger partial charge is 0.222 e. The molecule has 70 valence electrons. The summed E-state index contributed by atoms with van der Waals surface area (Å²) in [6.45, 7) is 3.18. The summed E-state index contributed by atoms with van der Waals surface area (Å²) in [7, 11) is 0. The Bertz CT molecular complexity index is 328. The molecule has 1 amide bonds. The first-order valence-corrected chi connectivity index (χ1v) is 4.89. The van der Waals surface area contributed by atoms with E-state index in [-0.39, 0.29) is 5.91 Å². The third-order valence-corrected chi connectivity index (χ3v) is 1.92. The number of thioether (sulfide) groups is 1. The van der Waals surface area contributed by atoms with Crippen molar-refractivity contribution in [2.45, 2.75) is 18.9 Å². The largest absolute Gasteiger partial charge is 0.307 e. The lowest BCUT2D eigenvalue weighted by Crippen LogP contribution is -2.10. The highest BCUT2D eigenvalue weighted by atomic mass is 32.2. The standard InChI is InChI=1S/C7H10N4OS/c1-4-8-7(13-3)6(11-10-4)9-5(2)12/h1-3H3,(H,9,11,12).